The van der Waals surface area contributed by atoms with Gasteiger partial charge in [0, 0.05) is 16.1 Å². The van der Waals surface area contributed by atoms with Crippen LogP contribution in [0, 0.1) is 0 Å². The first-order chi connectivity index (χ1) is 21.0. The summed E-state index contributed by atoms with van der Waals surface area (Å²) in [6.07, 6.45) is -5.07. The van der Waals surface area contributed by atoms with Gasteiger partial charge in [-0.15, -0.1) is 0 Å². The zero-order chi connectivity index (χ0) is 31.2. The quantitative estimate of drug-likeness (QED) is 0.188. The number of aliphatic carboxylic acids is 1. The van der Waals surface area contributed by atoms with E-state index in [4.69, 9.17) is 20.8 Å². The van der Waals surface area contributed by atoms with Gasteiger partial charge in [0.1, 0.15) is 17.5 Å². The third-order valence-electron chi connectivity index (χ3n) is 7.78. The molecular weight excluding hydrogens is 597 g/mol. The fourth-order valence-electron chi connectivity index (χ4n) is 5.17. The second kappa shape index (κ2) is 11.0. The van der Waals surface area contributed by atoms with Gasteiger partial charge >= 0.3 is 18.2 Å². The average molecular weight is 621 g/mol. The van der Waals surface area contributed by atoms with E-state index in [-0.39, 0.29) is 22.5 Å². The number of carbonyl (C=O) groups is 2. The normalized spacial score (nSPS) is 14.7. The number of amides is 1. The lowest BCUT2D eigenvalue weighted by Gasteiger charge is -2.15. The molecule has 1 aliphatic carbocycles. The molecule has 44 heavy (non-hydrogen) atoms. The number of pyridine rings is 1. The summed E-state index contributed by atoms with van der Waals surface area (Å²) < 4.78 is 51.5. The van der Waals surface area contributed by atoms with E-state index in [1.54, 1.807) is 55.5 Å². The van der Waals surface area contributed by atoms with Gasteiger partial charge in [-0.05, 0) is 54.7 Å². The van der Waals surface area contributed by atoms with Crippen LogP contribution in [0.3, 0.4) is 0 Å². The zero-order valence-corrected chi connectivity index (χ0v) is 23.9. The number of ether oxygens (including phenoxy) is 1. The molecule has 5 aromatic rings. The second-order valence-electron chi connectivity index (χ2n) is 10.6. The molecule has 7 nitrogen and oxygen atoms in total. The van der Waals surface area contributed by atoms with Crippen molar-refractivity contribution in [1.29, 1.82) is 0 Å². The second-order valence-corrected chi connectivity index (χ2v) is 11.0. The molecule has 1 amide bonds. The number of fused-ring (bicyclic) bond motifs is 1. The van der Waals surface area contributed by atoms with Crippen molar-refractivity contribution in [3.8, 4) is 22.5 Å². The van der Waals surface area contributed by atoms with Crippen LogP contribution in [0.15, 0.2) is 89.3 Å². The number of nitrogens with one attached hydrogen (secondary N) is 1. The van der Waals surface area contributed by atoms with Crippen LogP contribution in [0.5, 0.6) is 0 Å². The minimum atomic E-state index is -4.70. The van der Waals surface area contributed by atoms with E-state index < -0.39 is 35.5 Å². The number of benzene rings is 3. The van der Waals surface area contributed by atoms with Gasteiger partial charge in [-0.2, -0.15) is 13.2 Å². The van der Waals surface area contributed by atoms with Crippen LogP contribution < -0.4 is 5.32 Å². The first-order valence-corrected chi connectivity index (χ1v) is 14.0. The van der Waals surface area contributed by atoms with Crippen LogP contribution in [-0.4, -0.2) is 22.2 Å². The molecule has 0 aliphatic heterocycles. The number of halogens is 4. The van der Waals surface area contributed by atoms with E-state index in [0.717, 1.165) is 22.8 Å². The molecule has 1 aliphatic rings. The number of carbonyl (C=O) groups excluding carboxylic acids is 1. The van der Waals surface area contributed by atoms with E-state index in [9.17, 15) is 27.9 Å². The predicted molar refractivity (Wildman–Crippen MR) is 158 cm³/mol. The Morgan fingerprint density at radius 2 is 1.57 bits per heavy atom. The Kier molecular flexibility index (Phi) is 7.33. The smallest absolute Gasteiger partial charge is 0.433 e. The molecule has 0 saturated heterocycles. The van der Waals surface area contributed by atoms with Crippen molar-refractivity contribution in [2.24, 2.45) is 0 Å². The number of furan rings is 1. The maximum atomic E-state index is 13.4. The molecule has 11 heteroatoms. The van der Waals surface area contributed by atoms with Crippen LogP contribution in [0.25, 0.3) is 33.6 Å². The van der Waals surface area contributed by atoms with Crippen molar-refractivity contribution in [3.05, 3.63) is 107 Å². The summed E-state index contributed by atoms with van der Waals surface area (Å²) in [7, 11) is 0. The summed E-state index contributed by atoms with van der Waals surface area (Å²) in [5.74, 6) is -0.739. The molecule has 224 valence electrons. The van der Waals surface area contributed by atoms with Gasteiger partial charge in [-0.1, -0.05) is 78.3 Å². The maximum Gasteiger partial charge on any atom is 0.433 e. The highest BCUT2D eigenvalue weighted by atomic mass is 35.5. The lowest BCUT2D eigenvalue weighted by Crippen LogP contribution is -2.19. The summed E-state index contributed by atoms with van der Waals surface area (Å²) >= 11 is 6.23. The monoisotopic (exact) mass is 620 g/mol. The minimum Gasteiger partial charge on any atom is -0.481 e. The molecule has 2 heterocycles. The molecule has 0 spiro atoms. The van der Waals surface area contributed by atoms with E-state index >= 15 is 0 Å². The zero-order valence-electron chi connectivity index (χ0n) is 23.1. The Bertz CT molecular complexity index is 1880. The number of carboxylic acids is 1. The van der Waals surface area contributed by atoms with Crippen molar-refractivity contribution in [1.82, 2.24) is 4.98 Å². The number of hydrogen-bond acceptors (Lipinski definition) is 5. The van der Waals surface area contributed by atoms with Gasteiger partial charge in [-0.3, -0.25) is 10.1 Å². The number of anilines is 1. The van der Waals surface area contributed by atoms with Gasteiger partial charge in [0.2, 0.25) is 5.71 Å². The van der Waals surface area contributed by atoms with Crippen LogP contribution in [0.4, 0.5) is 23.7 Å². The molecule has 1 atom stereocenters. The molecule has 1 saturated carbocycles. The number of rotatable bonds is 7. The summed E-state index contributed by atoms with van der Waals surface area (Å²) in [5.41, 5.74) is 1.31. The molecule has 0 unspecified atom stereocenters. The van der Waals surface area contributed by atoms with Crippen LogP contribution in [0.1, 0.15) is 42.7 Å². The van der Waals surface area contributed by atoms with E-state index in [2.05, 4.69) is 10.3 Å². The lowest BCUT2D eigenvalue weighted by molar-refractivity contribution is -0.141. The maximum absolute atomic E-state index is 13.4. The molecule has 0 radical (unpaired) electrons. The first-order valence-electron chi connectivity index (χ1n) is 13.6. The topological polar surface area (TPSA) is 102 Å². The van der Waals surface area contributed by atoms with Crippen molar-refractivity contribution in [3.63, 3.8) is 0 Å². The predicted octanol–water partition coefficient (Wildman–Crippen LogP) is 9.26. The lowest BCUT2D eigenvalue weighted by atomic mass is 9.93. The summed E-state index contributed by atoms with van der Waals surface area (Å²) in [6, 6.07) is 23.2. The molecule has 1 fully saturated rings. The Balaban J connectivity index is 1.31. The SMILES string of the molecule is C[C@@H](OC(=O)Nc1c(-c2ccc(-c3ccc(C4(C(=O)O)CC4)cc3)cc2)oc2nc(C(F)(F)F)ccc12)c1ccccc1Cl. The van der Waals surface area contributed by atoms with Crippen LogP contribution in [-0.2, 0) is 21.1 Å². The van der Waals surface area contributed by atoms with Gasteiger partial charge in [-0.25, -0.2) is 9.78 Å². The molecule has 6 rings (SSSR count). The third kappa shape index (κ3) is 5.48. The number of hydrogen-bond donors (Lipinski definition) is 2. The van der Waals surface area contributed by atoms with Crippen molar-refractivity contribution >= 4 is 40.5 Å². The van der Waals surface area contributed by atoms with Gasteiger partial charge in [0.25, 0.3) is 0 Å². The van der Waals surface area contributed by atoms with Gasteiger partial charge in [0.05, 0.1) is 10.8 Å². The highest BCUT2D eigenvalue weighted by Crippen LogP contribution is 2.48. The van der Waals surface area contributed by atoms with Crippen molar-refractivity contribution in [2.75, 3.05) is 5.32 Å². The van der Waals surface area contributed by atoms with Crippen LogP contribution in [0.2, 0.25) is 5.02 Å². The Morgan fingerprint density at radius 3 is 2.16 bits per heavy atom. The number of alkyl halides is 3. The Morgan fingerprint density at radius 1 is 0.955 bits per heavy atom. The highest BCUT2D eigenvalue weighted by Gasteiger charge is 2.51. The molecule has 0 bridgehead atoms. The number of nitrogens with zero attached hydrogens (tertiary/aromatic N) is 1. The fraction of sp³-hybridized carbons (Fsp3) is 0.182. The van der Waals surface area contributed by atoms with Crippen LogP contribution >= 0.6 is 11.6 Å². The standard InChI is InChI=1S/C33H24ClF3N2O5/c1-18(23-4-2-3-5-25(23)34)43-31(42)39-27-24-14-15-26(33(35,36)37)38-29(24)44-28(27)21-8-6-19(7-9-21)20-10-12-22(13-11-20)32(16-17-32)30(40)41/h2-15,18H,16-17H2,1H3,(H,39,42)(H,40,41)/t18-/m1/s1. The molecular formula is C33H24ClF3N2O5. The van der Waals surface area contributed by atoms with E-state index in [1.807, 2.05) is 24.3 Å². The van der Waals surface area contributed by atoms with Crippen molar-refractivity contribution in [2.45, 2.75) is 37.5 Å². The van der Waals surface area contributed by atoms with Gasteiger partial charge in [0.15, 0.2) is 5.76 Å². The largest absolute Gasteiger partial charge is 0.481 e. The van der Waals surface area contributed by atoms with E-state index in [0.29, 0.717) is 29.0 Å². The summed E-state index contributed by atoms with van der Waals surface area (Å²) in [6.45, 7) is 1.64. The summed E-state index contributed by atoms with van der Waals surface area (Å²) in [5, 5.41) is 12.8. The van der Waals surface area contributed by atoms with Gasteiger partial charge < -0.3 is 14.3 Å². The highest BCUT2D eigenvalue weighted by molar-refractivity contribution is 6.31. The molecule has 2 N–H and O–H groups in total. The average Bonchev–Trinajstić information content (AvgIpc) is 3.74. The summed E-state index contributed by atoms with van der Waals surface area (Å²) in [4.78, 5) is 28.3. The van der Waals surface area contributed by atoms with Crippen molar-refractivity contribution < 1.29 is 37.0 Å². The molecule has 3 aromatic carbocycles. The molecule has 2 aromatic heterocycles. The Hall–Kier alpha value is -4.83. The van der Waals surface area contributed by atoms with E-state index in [1.165, 1.54) is 6.07 Å². The minimum absolute atomic E-state index is 0.0909. The number of carboxylic acid groups (broad SMARTS) is 1. The Labute approximate surface area is 254 Å². The first kappa shape index (κ1) is 29.3. The fourth-order valence-corrected chi connectivity index (χ4v) is 5.46. The third-order valence-corrected chi connectivity index (χ3v) is 8.12. The number of aromatic nitrogens is 1.